The van der Waals surface area contributed by atoms with Crippen LogP contribution in [0.2, 0.25) is 0 Å². The van der Waals surface area contributed by atoms with Crippen LogP contribution < -0.4 is 14.8 Å². The zero-order valence-corrected chi connectivity index (χ0v) is 12.1. The number of rotatable bonds is 8. The Morgan fingerprint density at radius 3 is 2.79 bits per heavy atom. The van der Waals surface area contributed by atoms with Crippen molar-refractivity contribution in [1.29, 1.82) is 0 Å². The predicted molar refractivity (Wildman–Crippen MR) is 77.8 cm³/mol. The standard InChI is InChI=1S/C16H25NO2/c1-3-19-15-9-5-8-14(16(15)18-2)12-17-11-10-13-6-4-7-13/h5,8-9,13,17H,3-4,6-7,10-12H2,1-2H3. The zero-order chi connectivity index (χ0) is 13.5. The third kappa shape index (κ3) is 3.87. The van der Waals surface area contributed by atoms with Gasteiger partial charge < -0.3 is 14.8 Å². The van der Waals surface area contributed by atoms with E-state index < -0.39 is 0 Å². The van der Waals surface area contributed by atoms with E-state index in [4.69, 9.17) is 9.47 Å². The lowest BCUT2D eigenvalue weighted by molar-refractivity contribution is 0.291. The first kappa shape index (κ1) is 14.2. The molecule has 1 aliphatic carbocycles. The smallest absolute Gasteiger partial charge is 0.165 e. The van der Waals surface area contributed by atoms with Crippen LogP contribution in [0.3, 0.4) is 0 Å². The minimum absolute atomic E-state index is 0.662. The van der Waals surface area contributed by atoms with Crippen LogP contribution in [0.25, 0.3) is 0 Å². The van der Waals surface area contributed by atoms with Crippen molar-refractivity contribution in [3.05, 3.63) is 23.8 Å². The number of hydrogen-bond donors (Lipinski definition) is 1. The van der Waals surface area contributed by atoms with Gasteiger partial charge in [-0.1, -0.05) is 31.4 Å². The van der Waals surface area contributed by atoms with Crippen LogP contribution in [0.15, 0.2) is 18.2 Å². The Labute approximate surface area is 116 Å². The summed E-state index contributed by atoms with van der Waals surface area (Å²) in [7, 11) is 1.70. The van der Waals surface area contributed by atoms with Gasteiger partial charge in [0.1, 0.15) is 0 Å². The molecule has 1 aromatic carbocycles. The van der Waals surface area contributed by atoms with Crippen molar-refractivity contribution in [2.75, 3.05) is 20.3 Å². The summed E-state index contributed by atoms with van der Waals surface area (Å²) in [6, 6.07) is 6.08. The lowest BCUT2D eigenvalue weighted by atomic mass is 9.83. The van der Waals surface area contributed by atoms with Crippen LogP contribution in [0.1, 0.15) is 38.2 Å². The molecule has 19 heavy (non-hydrogen) atoms. The van der Waals surface area contributed by atoms with Gasteiger partial charge in [-0.25, -0.2) is 0 Å². The summed E-state index contributed by atoms with van der Waals surface area (Å²) < 4.78 is 11.1. The van der Waals surface area contributed by atoms with Gasteiger partial charge in [-0.15, -0.1) is 0 Å². The lowest BCUT2D eigenvalue weighted by Gasteiger charge is -2.25. The van der Waals surface area contributed by atoms with Crippen LogP contribution in [0.4, 0.5) is 0 Å². The molecule has 0 saturated heterocycles. The molecule has 0 spiro atoms. The Bertz CT molecular complexity index is 388. The highest BCUT2D eigenvalue weighted by molar-refractivity contribution is 5.46. The summed E-state index contributed by atoms with van der Waals surface area (Å²) in [5.74, 6) is 2.66. The highest BCUT2D eigenvalue weighted by Crippen LogP contribution is 2.31. The van der Waals surface area contributed by atoms with E-state index in [2.05, 4.69) is 11.4 Å². The number of para-hydroxylation sites is 1. The van der Waals surface area contributed by atoms with Crippen molar-refractivity contribution in [2.24, 2.45) is 5.92 Å². The lowest BCUT2D eigenvalue weighted by Crippen LogP contribution is -2.21. The Kier molecular flexibility index (Phi) is 5.52. The van der Waals surface area contributed by atoms with Gasteiger partial charge in [0, 0.05) is 12.1 Å². The number of hydrogen-bond acceptors (Lipinski definition) is 3. The van der Waals surface area contributed by atoms with Gasteiger partial charge in [-0.05, 0) is 31.9 Å². The van der Waals surface area contributed by atoms with Crippen molar-refractivity contribution < 1.29 is 9.47 Å². The molecule has 0 amide bonds. The number of nitrogens with one attached hydrogen (secondary N) is 1. The van der Waals surface area contributed by atoms with Crippen LogP contribution >= 0.6 is 0 Å². The molecule has 0 bridgehead atoms. The SMILES string of the molecule is CCOc1cccc(CNCCC2CCC2)c1OC. The summed E-state index contributed by atoms with van der Waals surface area (Å²) in [6.07, 6.45) is 5.57. The molecule has 106 valence electrons. The monoisotopic (exact) mass is 263 g/mol. The molecule has 1 aliphatic rings. The van der Waals surface area contributed by atoms with E-state index in [1.165, 1.54) is 31.2 Å². The van der Waals surface area contributed by atoms with Crippen molar-refractivity contribution >= 4 is 0 Å². The molecule has 0 aromatic heterocycles. The van der Waals surface area contributed by atoms with Crippen LogP contribution in [0, 0.1) is 5.92 Å². The molecule has 1 N–H and O–H groups in total. The molecular weight excluding hydrogens is 238 g/mol. The molecular formula is C16H25NO2. The first-order valence-electron chi connectivity index (χ1n) is 7.34. The molecule has 1 saturated carbocycles. The first-order chi connectivity index (χ1) is 9.35. The van der Waals surface area contributed by atoms with Gasteiger partial charge in [0.05, 0.1) is 13.7 Å². The molecule has 0 unspecified atom stereocenters. The quantitative estimate of drug-likeness (QED) is 0.729. The van der Waals surface area contributed by atoms with Gasteiger partial charge in [0.25, 0.3) is 0 Å². The Morgan fingerprint density at radius 2 is 2.16 bits per heavy atom. The summed E-state index contributed by atoms with van der Waals surface area (Å²) in [4.78, 5) is 0. The van der Waals surface area contributed by atoms with Gasteiger partial charge >= 0.3 is 0 Å². The summed E-state index contributed by atoms with van der Waals surface area (Å²) in [5, 5.41) is 3.51. The minimum Gasteiger partial charge on any atom is -0.493 e. The van der Waals surface area contributed by atoms with Crippen molar-refractivity contribution in [1.82, 2.24) is 5.32 Å². The second kappa shape index (κ2) is 7.39. The fourth-order valence-electron chi connectivity index (χ4n) is 2.51. The van der Waals surface area contributed by atoms with E-state index in [9.17, 15) is 0 Å². The normalized spacial score (nSPS) is 15.1. The van der Waals surface area contributed by atoms with E-state index in [1.54, 1.807) is 7.11 Å². The van der Waals surface area contributed by atoms with Gasteiger partial charge in [0.2, 0.25) is 0 Å². The van der Waals surface area contributed by atoms with E-state index >= 15 is 0 Å². The topological polar surface area (TPSA) is 30.5 Å². The average molecular weight is 263 g/mol. The number of benzene rings is 1. The number of ether oxygens (including phenoxy) is 2. The van der Waals surface area contributed by atoms with Gasteiger partial charge in [-0.3, -0.25) is 0 Å². The Morgan fingerprint density at radius 1 is 1.32 bits per heavy atom. The summed E-state index contributed by atoms with van der Waals surface area (Å²) >= 11 is 0. The molecule has 0 aliphatic heterocycles. The Hall–Kier alpha value is -1.22. The second-order valence-electron chi connectivity index (χ2n) is 5.14. The molecule has 2 rings (SSSR count). The average Bonchev–Trinajstić information content (AvgIpc) is 2.37. The van der Waals surface area contributed by atoms with Gasteiger partial charge in [-0.2, -0.15) is 0 Å². The van der Waals surface area contributed by atoms with E-state index in [1.807, 2.05) is 19.1 Å². The molecule has 3 heteroatoms. The maximum absolute atomic E-state index is 5.59. The molecule has 3 nitrogen and oxygen atoms in total. The fourth-order valence-corrected chi connectivity index (χ4v) is 2.51. The second-order valence-corrected chi connectivity index (χ2v) is 5.14. The molecule has 1 fully saturated rings. The van der Waals surface area contributed by atoms with E-state index in [-0.39, 0.29) is 0 Å². The molecule has 0 atom stereocenters. The summed E-state index contributed by atoms with van der Waals surface area (Å²) in [5.41, 5.74) is 1.17. The molecule has 0 radical (unpaired) electrons. The maximum Gasteiger partial charge on any atom is 0.165 e. The third-order valence-corrected chi connectivity index (χ3v) is 3.83. The number of methoxy groups -OCH3 is 1. The largest absolute Gasteiger partial charge is 0.493 e. The van der Waals surface area contributed by atoms with Crippen LogP contribution in [0.5, 0.6) is 11.5 Å². The summed E-state index contributed by atoms with van der Waals surface area (Å²) in [6.45, 7) is 4.58. The fraction of sp³-hybridized carbons (Fsp3) is 0.625. The van der Waals surface area contributed by atoms with Crippen molar-refractivity contribution in [3.63, 3.8) is 0 Å². The Balaban J connectivity index is 1.85. The van der Waals surface area contributed by atoms with E-state index in [0.29, 0.717) is 6.61 Å². The first-order valence-corrected chi connectivity index (χ1v) is 7.34. The predicted octanol–water partition coefficient (Wildman–Crippen LogP) is 3.37. The van der Waals surface area contributed by atoms with Crippen LogP contribution in [-0.2, 0) is 6.54 Å². The zero-order valence-electron chi connectivity index (χ0n) is 12.1. The maximum atomic E-state index is 5.59. The third-order valence-electron chi connectivity index (χ3n) is 3.83. The molecule has 1 aromatic rings. The van der Waals surface area contributed by atoms with E-state index in [0.717, 1.165) is 30.5 Å². The molecule has 0 heterocycles. The highest BCUT2D eigenvalue weighted by atomic mass is 16.5. The van der Waals surface area contributed by atoms with Crippen molar-refractivity contribution in [2.45, 2.75) is 39.2 Å². The van der Waals surface area contributed by atoms with Crippen LogP contribution in [-0.4, -0.2) is 20.3 Å². The minimum atomic E-state index is 0.662. The highest BCUT2D eigenvalue weighted by Gasteiger charge is 2.16. The van der Waals surface area contributed by atoms with Crippen molar-refractivity contribution in [3.8, 4) is 11.5 Å². The van der Waals surface area contributed by atoms with Gasteiger partial charge in [0.15, 0.2) is 11.5 Å².